The fourth-order valence-electron chi connectivity index (χ4n) is 4.44. The van der Waals surface area contributed by atoms with Gasteiger partial charge in [-0.15, -0.1) is 0 Å². The molecule has 2 aliphatic carbocycles. The molecule has 0 radical (unpaired) electrons. The van der Waals surface area contributed by atoms with Gasteiger partial charge in [-0.3, -0.25) is 9.59 Å². The van der Waals surface area contributed by atoms with Crippen LogP contribution in [0.1, 0.15) is 26.8 Å². The first-order valence-electron chi connectivity index (χ1n) is 13.6. The average Bonchev–Trinajstić information content (AvgIpc) is 3.83. The highest BCUT2D eigenvalue weighted by Crippen LogP contribution is 2.47. The lowest BCUT2D eigenvalue weighted by molar-refractivity contribution is -0.143. The second kappa shape index (κ2) is 12.8. The highest BCUT2D eigenvalue weighted by Gasteiger charge is 2.56. The molecule has 3 aromatic carbocycles. The number of anilines is 2. The van der Waals surface area contributed by atoms with Crippen molar-refractivity contribution in [3.8, 4) is 17.2 Å². The Hall–Kier alpha value is -5.45. The summed E-state index contributed by atoms with van der Waals surface area (Å²) in [5.74, 6) is -2.05. The molecule has 0 unspecified atom stereocenters. The predicted octanol–water partition coefficient (Wildman–Crippen LogP) is 6.38. The third-order valence-electron chi connectivity index (χ3n) is 7.05. The van der Waals surface area contributed by atoms with Gasteiger partial charge in [0.2, 0.25) is 11.8 Å². The van der Waals surface area contributed by atoms with E-state index in [0.29, 0.717) is 46.9 Å². The smallest absolute Gasteiger partial charge is 0.343 e. The summed E-state index contributed by atoms with van der Waals surface area (Å²) in [4.78, 5) is 37.5. The molecule has 0 aliphatic heterocycles. The van der Waals surface area contributed by atoms with Crippen LogP contribution in [0.4, 0.5) is 20.2 Å². The first-order chi connectivity index (χ1) is 21.2. The summed E-state index contributed by atoms with van der Waals surface area (Å²) in [6.45, 7) is -0.317. The van der Waals surface area contributed by atoms with Crippen molar-refractivity contribution in [2.75, 3.05) is 31.5 Å². The topological polar surface area (TPSA) is 112 Å². The number of allylic oxidation sites excluding steroid dienone is 4. The number of carbonyl (C=O) groups excluding carboxylic acids is 3. The maximum Gasteiger partial charge on any atom is 0.343 e. The van der Waals surface area contributed by atoms with E-state index in [2.05, 4.69) is 15.4 Å². The van der Waals surface area contributed by atoms with Crippen LogP contribution in [0, 0.1) is 17.0 Å². The van der Waals surface area contributed by atoms with Crippen molar-refractivity contribution < 1.29 is 45.0 Å². The third kappa shape index (κ3) is 6.62. The lowest BCUT2D eigenvalue weighted by atomic mass is 10.0. The van der Waals surface area contributed by atoms with Crippen LogP contribution >= 0.6 is 0 Å². The number of hydrogen-bond donors (Lipinski definition) is 2. The number of ether oxygens (including phenoxy) is 4. The standard InChI is InChI=1S/C33H28F2N2O7.2H2/c1-41-28-18-24-20(16-29(28)43-19-30(38)42-2)6-4-3-5-7-26(24)44-27-13-12-23(17-25(27)35)37-32(40)33(14-15-33)31(39)36-22-10-8-21(34)9-11-22;;/h3-13,16-18H,14-15,19H2,1-2H3,(H,36,39)(H,37,40);2*1H/b4-3?,5-3+,6-4?,7-5?,20-6?,26-7+,26-24?;;. The highest BCUT2D eigenvalue weighted by molar-refractivity contribution is 6.16. The molecular formula is C33H32F2N2O7. The second-order valence-corrected chi connectivity index (χ2v) is 9.97. The molecule has 1 saturated carbocycles. The molecule has 2 aliphatic rings. The average molecular weight is 607 g/mol. The summed E-state index contributed by atoms with van der Waals surface area (Å²) in [5, 5.41) is 5.25. The number of rotatable bonds is 10. The van der Waals surface area contributed by atoms with Crippen LogP contribution in [0.25, 0.3) is 11.8 Å². The van der Waals surface area contributed by atoms with Crippen molar-refractivity contribution in [1.29, 1.82) is 0 Å². The van der Waals surface area contributed by atoms with Crippen LogP contribution in [0.15, 0.2) is 78.9 Å². The van der Waals surface area contributed by atoms with Crippen molar-refractivity contribution >= 4 is 41.0 Å². The van der Waals surface area contributed by atoms with E-state index in [-0.39, 0.29) is 20.9 Å². The molecule has 0 saturated heterocycles. The van der Waals surface area contributed by atoms with Crippen LogP contribution in [-0.4, -0.2) is 38.6 Å². The quantitative estimate of drug-likeness (QED) is 0.204. The van der Waals surface area contributed by atoms with Gasteiger partial charge >= 0.3 is 5.97 Å². The summed E-state index contributed by atoms with van der Waals surface area (Å²) in [6.07, 6.45) is 9.38. The van der Waals surface area contributed by atoms with E-state index in [1.165, 1.54) is 50.6 Å². The fourth-order valence-corrected chi connectivity index (χ4v) is 4.44. The van der Waals surface area contributed by atoms with E-state index in [0.717, 1.165) is 6.07 Å². The van der Waals surface area contributed by atoms with Gasteiger partial charge in [-0.1, -0.05) is 24.3 Å². The van der Waals surface area contributed by atoms with E-state index in [4.69, 9.17) is 14.2 Å². The maximum absolute atomic E-state index is 15.3. The number of amides is 2. The van der Waals surface area contributed by atoms with Crippen molar-refractivity contribution in [1.82, 2.24) is 0 Å². The molecule has 2 amide bonds. The third-order valence-corrected chi connectivity index (χ3v) is 7.05. The Morgan fingerprint density at radius 1 is 0.841 bits per heavy atom. The van der Waals surface area contributed by atoms with Crippen LogP contribution in [0.3, 0.4) is 0 Å². The molecule has 5 rings (SSSR count). The Kier molecular flexibility index (Phi) is 8.75. The first kappa shape index (κ1) is 30.0. The molecule has 0 atom stereocenters. The lowest BCUT2D eigenvalue weighted by Gasteiger charge is -2.18. The van der Waals surface area contributed by atoms with Gasteiger partial charge in [0.25, 0.3) is 0 Å². The first-order valence-corrected chi connectivity index (χ1v) is 13.6. The molecule has 3 aromatic rings. The van der Waals surface area contributed by atoms with Gasteiger partial charge in [0.15, 0.2) is 29.7 Å². The van der Waals surface area contributed by atoms with E-state index in [1.807, 2.05) is 0 Å². The normalized spacial score (nSPS) is 16.1. The Balaban J connectivity index is 0.00000288. The molecule has 1 fully saturated rings. The lowest BCUT2D eigenvalue weighted by Crippen LogP contribution is -2.35. The molecule has 0 heterocycles. The zero-order valence-corrected chi connectivity index (χ0v) is 23.8. The van der Waals surface area contributed by atoms with Crippen molar-refractivity contribution in [3.63, 3.8) is 0 Å². The van der Waals surface area contributed by atoms with Gasteiger partial charge < -0.3 is 29.6 Å². The SMILES string of the molecule is COC(=O)COc1cc2c(cc1OC)/C(Oc1ccc(NC(=O)C3(C(=O)Nc4ccc(F)cc4)CC3)cc1F)=C\C=C\C=C2.[HH].[HH]. The summed E-state index contributed by atoms with van der Waals surface area (Å²) < 4.78 is 50.1. The van der Waals surface area contributed by atoms with Crippen LogP contribution in [-0.2, 0) is 19.1 Å². The molecule has 0 aromatic heterocycles. The maximum atomic E-state index is 15.3. The Morgan fingerprint density at radius 3 is 2.20 bits per heavy atom. The van der Waals surface area contributed by atoms with Crippen molar-refractivity contribution in [2.45, 2.75) is 12.8 Å². The van der Waals surface area contributed by atoms with Gasteiger partial charge in [-0.05, 0) is 73.0 Å². The van der Waals surface area contributed by atoms with Crippen LogP contribution < -0.4 is 24.8 Å². The number of benzene rings is 3. The molecule has 230 valence electrons. The zero-order valence-electron chi connectivity index (χ0n) is 23.8. The Bertz CT molecular complexity index is 1700. The summed E-state index contributed by atoms with van der Waals surface area (Å²) in [7, 11) is 2.70. The highest BCUT2D eigenvalue weighted by atomic mass is 19.1. The van der Waals surface area contributed by atoms with E-state index < -0.39 is 34.8 Å². The van der Waals surface area contributed by atoms with E-state index in [9.17, 15) is 18.8 Å². The van der Waals surface area contributed by atoms with Crippen LogP contribution in [0.2, 0.25) is 0 Å². The van der Waals surface area contributed by atoms with Crippen molar-refractivity contribution in [2.24, 2.45) is 5.41 Å². The predicted molar refractivity (Wildman–Crippen MR) is 163 cm³/mol. The van der Waals surface area contributed by atoms with E-state index in [1.54, 1.807) is 42.5 Å². The molecule has 0 bridgehead atoms. The van der Waals surface area contributed by atoms with Gasteiger partial charge in [0.05, 0.1) is 14.2 Å². The van der Waals surface area contributed by atoms with Gasteiger partial charge in [-0.2, -0.15) is 0 Å². The Labute approximate surface area is 254 Å². The second-order valence-electron chi connectivity index (χ2n) is 9.97. The zero-order chi connectivity index (χ0) is 31.3. The summed E-state index contributed by atoms with van der Waals surface area (Å²) in [6, 6.07) is 12.5. The molecule has 2 N–H and O–H groups in total. The largest absolute Gasteiger partial charge is 0.493 e. The minimum atomic E-state index is -1.30. The van der Waals surface area contributed by atoms with Gasteiger partial charge in [-0.25, -0.2) is 13.6 Å². The number of nitrogens with one attached hydrogen (secondary N) is 2. The van der Waals surface area contributed by atoms with Crippen molar-refractivity contribution in [3.05, 3.63) is 102 Å². The molecular weight excluding hydrogens is 574 g/mol. The molecule has 11 heteroatoms. The number of esters is 1. The van der Waals surface area contributed by atoms with Gasteiger partial charge in [0, 0.05) is 25.9 Å². The van der Waals surface area contributed by atoms with Gasteiger partial charge in [0.1, 0.15) is 17.0 Å². The van der Waals surface area contributed by atoms with Crippen LogP contribution in [0.5, 0.6) is 17.2 Å². The Morgan fingerprint density at radius 2 is 1.55 bits per heavy atom. The number of halogens is 2. The number of carbonyl (C=O) groups is 3. The summed E-state index contributed by atoms with van der Waals surface area (Å²) >= 11 is 0. The minimum absolute atomic E-state index is 0. The fraction of sp³-hybridized carbons (Fsp3) is 0.182. The number of fused-ring (bicyclic) bond motifs is 1. The number of hydrogen-bond acceptors (Lipinski definition) is 7. The monoisotopic (exact) mass is 606 g/mol. The minimum Gasteiger partial charge on any atom is -0.493 e. The number of methoxy groups -OCH3 is 2. The molecule has 44 heavy (non-hydrogen) atoms. The van der Waals surface area contributed by atoms with E-state index >= 15 is 4.39 Å². The molecule has 9 nitrogen and oxygen atoms in total. The molecule has 0 spiro atoms. The summed E-state index contributed by atoms with van der Waals surface area (Å²) in [5.41, 5.74) is 0.420.